The molecule has 0 spiro atoms. The first-order valence-corrected chi connectivity index (χ1v) is 11.7. The predicted molar refractivity (Wildman–Crippen MR) is 140 cm³/mol. The molecule has 9 heteroatoms. The number of hydrogen-bond acceptors (Lipinski definition) is 5. The largest absolute Gasteiger partial charge is 0.379 e. The van der Waals surface area contributed by atoms with Crippen LogP contribution in [0.1, 0.15) is 49.0 Å². The van der Waals surface area contributed by atoms with Crippen LogP contribution in [0.15, 0.2) is 29.3 Å². The summed E-state index contributed by atoms with van der Waals surface area (Å²) in [5.41, 5.74) is 1.80. The maximum absolute atomic E-state index is 12.8. The van der Waals surface area contributed by atoms with Crippen molar-refractivity contribution < 1.29 is 19.0 Å². The Morgan fingerprint density at radius 1 is 1.18 bits per heavy atom. The number of nitrogens with one attached hydrogen (secondary N) is 2. The highest BCUT2D eigenvalue weighted by Gasteiger charge is 2.26. The van der Waals surface area contributed by atoms with E-state index in [2.05, 4.69) is 15.6 Å². The molecule has 2 saturated heterocycles. The second kappa shape index (κ2) is 14.7. The minimum Gasteiger partial charge on any atom is -0.379 e. The van der Waals surface area contributed by atoms with Crippen LogP contribution in [0.2, 0.25) is 0 Å². The Kier molecular flexibility index (Phi) is 12.4. The maximum Gasteiger partial charge on any atom is 0.254 e. The van der Waals surface area contributed by atoms with Crippen molar-refractivity contribution in [1.82, 2.24) is 15.5 Å². The minimum absolute atomic E-state index is 0. The summed E-state index contributed by atoms with van der Waals surface area (Å²) < 4.78 is 17.0. The van der Waals surface area contributed by atoms with Gasteiger partial charge in [0.15, 0.2) is 5.96 Å². The van der Waals surface area contributed by atoms with Crippen LogP contribution in [0.5, 0.6) is 0 Å². The van der Waals surface area contributed by atoms with Gasteiger partial charge in [-0.05, 0) is 50.8 Å². The number of morpholine rings is 1. The highest BCUT2D eigenvalue weighted by Crippen LogP contribution is 2.15. The normalized spacial score (nSPS) is 23.2. The average Bonchev–Trinajstić information content (AvgIpc) is 3.31. The number of hydrogen-bond donors (Lipinski definition) is 2. The Morgan fingerprint density at radius 2 is 1.91 bits per heavy atom. The van der Waals surface area contributed by atoms with E-state index in [1.165, 1.54) is 0 Å². The van der Waals surface area contributed by atoms with Crippen molar-refractivity contribution in [2.24, 2.45) is 4.99 Å². The zero-order valence-corrected chi connectivity index (χ0v) is 22.4. The fourth-order valence-corrected chi connectivity index (χ4v) is 4.07. The smallest absolute Gasteiger partial charge is 0.254 e. The molecule has 0 saturated carbocycles. The van der Waals surface area contributed by atoms with Gasteiger partial charge >= 0.3 is 0 Å². The van der Waals surface area contributed by atoms with Crippen LogP contribution < -0.4 is 10.6 Å². The van der Waals surface area contributed by atoms with Gasteiger partial charge in [0.1, 0.15) is 0 Å². The Balaban J connectivity index is 0.00000385. The first-order chi connectivity index (χ1) is 15.5. The summed E-state index contributed by atoms with van der Waals surface area (Å²) >= 11 is 0. The van der Waals surface area contributed by atoms with Crippen molar-refractivity contribution in [2.75, 3.05) is 46.5 Å². The molecule has 33 heavy (non-hydrogen) atoms. The highest BCUT2D eigenvalue weighted by molar-refractivity contribution is 14.0. The number of guanidine groups is 1. The number of carbonyl (C=O) groups is 1. The van der Waals surface area contributed by atoms with Crippen molar-refractivity contribution in [3.8, 4) is 0 Å². The van der Waals surface area contributed by atoms with Crippen LogP contribution in [0.3, 0.4) is 0 Å². The molecule has 2 heterocycles. The van der Waals surface area contributed by atoms with E-state index >= 15 is 0 Å². The lowest BCUT2D eigenvalue weighted by Gasteiger charge is -2.35. The molecule has 0 radical (unpaired) electrons. The lowest BCUT2D eigenvalue weighted by atomic mass is 10.1. The number of carbonyl (C=O) groups excluding carboxylic acids is 1. The van der Waals surface area contributed by atoms with Gasteiger partial charge in [0, 0.05) is 52.0 Å². The standard InChI is InChI=1S/C24H38N4O4.HI/c1-18-15-28(16-19(2)32-18)23(29)21-9-7-20(8-10-21)14-27-24(25-3)26-11-5-12-30-17-22-6-4-13-31-22;/h7-10,18-19,22H,4-6,11-17H2,1-3H3,(H2,25,26,27);1H. The van der Waals surface area contributed by atoms with Gasteiger partial charge < -0.3 is 29.7 Å². The van der Waals surface area contributed by atoms with E-state index in [-0.39, 0.29) is 48.2 Å². The van der Waals surface area contributed by atoms with Gasteiger partial charge in [0.25, 0.3) is 5.91 Å². The van der Waals surface area contributed by atoms with E-state index in [1.54, 1.807) is 7.05 Å². The number of aliphatic imine (C=N–C) groups is 1. The van der Waals surface area contributed by atoms with Gasteiger partial charge in [-0.3, -0.25) is 9.79 Å². The van der Waals surface area contributed by atoms with Crippen molar-refractivity contribution in [3.63, 3.8) is 0 Å². The number of rotatable bonds is 9. The lowest BCUT2D eigenvalue weighted by Crippen LogP contribution is -2.48. The molecule has 3 atom stereocenters. The first kappa shape index (κ1) is 27.8. The molecule has 0 bridgehead atoms. The van der Waals surface area contributed by atoms with E-state index in [0.29, 0.717) is 38.4 Å². The van der Waals surface area contributed by atoms with Gasteiger partial charge in [0.2, 0.25) is 0 Å². The van der Waals surface area contributed by atoms with E-state index in [0.717, 1.165) is 43.9 Å². The first-order valence-electron chi connectivity index (χ1n) is 11.7. The van der Waals surface area contributed by atoms with Crippen LogP contribution in [0.4, 0.5) is 0 Å². The topological polar surface area (TPSA) is 84.4 Å². The molecule has 0 aromatic heterocycles. The average molecular weight is 575 g/mol. The van der Waals surface area contributed by atoms with Crippen molar-refractivity contribution in [2.45, 2.75) is 58.0 Å². The quantitative estimate of drug-likeness (QED) is 0.204. The highest BCUT2D eigenvalue weighted by atomic mass is 127. The molecule has 2 aliphatic rings. The summed E-state index contributed by atoms with van der Waals surface area (Å²) in [6.07, 6.45) is 3.57. The fourth-order valence-electron chi connectivity index (χ4n) is 4.07. The van der Waals surface area contributed by atoms with Crippen LogP contribution in [-0.2, 0) is 20.8 Å². The summed E-state index contributed by atoms with van der Waals surface area (Å²) in [4.78, 5) is 18.9. The zero-order valence-electron chi connectivity index (χ0n) is 20.0. The Bertz CT molecular complexity index is 730. The summed E-state index contributed by atoms with van der Waals surface area (Å²) in [5, 5.41) is 6.62. The van der Waals surface area contributed by atoms with Gasteiger partial charge in [-0.1, -0.05) is 12.1 Å². The molecule has 0 aliphatic carbocycles. The van der Waals surface area contributed by atoms with Crippen LogP contribution in [0, 0.1) is 0 Å². The molecule has 2 aliphatic heterocycles. The van der Waals surface area contributed by atoms with Gasteiger partial charge in [-0.2, -0.15) is 0 Å². The molecule has 1 aromatic carbocycles. The van der Waals surface area contributed by atoms with Gasteiger partial charge in [-0.15, -0.1) is 24.0 Å². The Hall–Kier alpha value is -1.43. The number of ether oxygens (including phenoxy) is 3. The molecule has 3 unspecified atom stereocenters. The molecule has 186 valence electrons. The van der Waals surface area contributed by atoms with E-state index in [4.69, 9.17) is 14.2 Å². The third-order valence-corrected chi connectivity index (χ3v) is 5.68. The summed E-state index contributed by atoms with van der Waals surface area (Å²) in [6.45, 7) is 8.96. The van der Waals surface area contributed by atoms with Crippen LogP contribution in [-0.4, -0.2) is 81.6 Å². The molecule has 2 N–H and O–H groups in total. The Morgan fingerprint density at radius 3 is 2.55 bits per heavy atom. The minimum atomic E-state index is 0. The van der Waals surface area contributed by atoms with Gasteiger partial charge in [-0.25, -0.2) is 0 Å². The second-order valence-electron chi connectivity index (χ2n) is 8.58. The van der Waals surface area contributed by atoms with E-state index in [1.807, 2.05) is 43.0 Å². The summed E-state index contributed by atoms with van der Waals surface area (Å²) in [5.74, 6) is 0.811. The van der Waals surface area contributed by atoms with Crippen molar-refractivity contribution in [1.29, 1.82) is 0 Å². The maximum atomic E-state index is 12.8. The molecule has 2 fully saturated rings. The third-order valence-electron chi connectivity index (χ3n) is 5.68. The molecule has 8 nitrogen and oxygen atoms in total. The van der Waals surface area contributed by atoms with Crippen molar-refractivity contribution in [3.05, 3.63) is 35.4 Å². The van der Waals surface area contributed by atoms with Crippen LogP contribution >= 0.6 is 24.0 Å². The van der Waals surface area contributed by atoms with E-state index in [9.17, 15) is 4.79 Å². The van der Waals surface area contributed by atoms with E-state index < -0.39 is 0 Å². The number of amides is 1. The monoisotopic (exact) mass is 574 g/mol. The zero-order chi connectivity index (χ0) is 22.8. The molecular formula is C24H39IN4O4. The second-order valence-corrected chi connectivity index (χ2v) is 8.58. The molecule has 3 rings (SSSR count). The molecular weight excluding hydrogens is 535 g/mol. The SMILES string of the molecule is CN=C(NCCCOCC1CCCO1)NCc1ccc(C(=O)N2CC(C)OC(C)C2)cc1.I. The number of halogens is 1. The Labute approximate surface area is 214 Å². The number of nitrogens with zero attached hydrogens (tertiary/aromatic N) is 2. The third kappa shape index (κ3) is 9.38. The fraction of sp³-hybridized carbons (Fsp3) is 0.667. The van der Waals surface area contributed by atoms with Crippen molar-refractivity contribution >= 4 is 35.8 Å². The van der Waals surface area contributed by atoms with Crippen LogP contribution in [0.25, 0.3) is 0 Å². The van der Waals surface area contributed by atoms with Gasteiger partial charge in [0.05, 0.1) is 24.9 Å². The lowest BCUT2D eigenvalue weighted by molar-refractivity contribution is -0.0586. The number of benzene rings is 1. The summed E-state index contributed by atoms with van der Waals surface area (Å²) in [6, 6.07) is 7.76. The molecule has 1 aromatic rings. The summed E-state index contributed by atoms with van der Waals surface area (Å²) in [7, 11) is 1.76. The predicted octanol–water partition coefficient (Wildman–Crippen LogP) is 2.80. The molecule has 1 amide bonds.